The first-order chi connectivity index (χ1) is 9.48. The normalized spacial score (nSPS) is 18.9. The number of carbonyl (C=O) groups is 1. The topological polar surface area (TPSA) is 40.5 Å². The molecule has 1 fully saturated rings. The predicted octanol–water partition coefficient (Wildman–Crippen LogP) is 3.38. The van der Waals surface area contributed by atoms with Gasteiger partial charge in [-0.25, -0.2) is 0 Å². The van der Waals surface area contributed by atoms with E-state index in [4.69, 9.17) is 0 Å². The number of aliphatic carboxylic acids is 1. The Bertz CT molecular complexity index is 468. The third kappa shape index (κ3) is 2.88. The van der Waals surface area contributed by atoms with Gasteiger partial charge in [-0.05, 0) is 62.9 Å². The van der Waals surface area contributed by atoms with Gasteiger partial charge >= 0.3 is 5.97 Å². The first-order valence-corrected chi connectivity index (χ1v) is 7.49. The summed E-state index contributed by atoms with van der Waals surface area (Å²) in [6.07, 6.45) is 2.27. The third-order valence-corrected chi connectivity index (χ3v) is 4.97. The van der Waals surface area contributed by atoms with Crippen molar-refractivity contribution in [3.8, 4) is 0 Å². The van der Waals surface area contributed by atoms with Crippen molar-refractivity contribution in [3.05, 3.63) is 34.9 Å². The van der Waals surface area contributed by atoms with Gasteiger partial charge in [-0.1, -0.05) is 25.1 Å². The number of carboxylic acid groups (broad SMARTS) is 1. The van der Waals surface area contributed by atoms with E-state index in [1.807, 2.05) is 6.92 Å². The van der Waals surface area contributed by atoms with Crippen LogP contribution in [0.4, 0.5) is 0 Å². The SMILES string of the molecule is CCC1(C(=O)O)CCN(Cc2c(C)cccc2C)CC1. The maximum Gasteiger partial charge on any atom is 0.309 e. The monoisotopic (exact) mass is 275 g/mol. The van der Waals surface area contributed by atoms with Crippen LogP contribution in [0.3, 0.4) is 0 Å². The Morgan fingerprint density at radius 2 is 1.80 bits per heavy atom. The van der Waals surface area contributed by atoms with Crippen LogP contribution in [0.25, 0.3) is 0 Å². The predicted molar refractivity (Wildman–Crippen MR) is 80.8 cm³/mol. The van der Waals surface area contributed by atoms with E-state index >= 15 is 0 Å². The van der Waals surface area contributed by atoms with E-state index < -0.39 is 11.4 Å². The summed E-state index contributed by atoms with van der Waals surface area (Å²) in [6.45, 7) is 9.01. The van der Waals surface area contributed by atoms with E-state index in [0.717, 1.165) is 38.9 Å². The summed E-state index contributed by atoms with van der Waals surface area (Å²) in [5, 5.41) is 9.43. The Hall–Kier alpha value is -1.35. The van der Waals surface area contributed by atoms with Crippen LogP contribution in [0.1, 0.15) is 42.9 Å². The average Bonchev–Trinajstić information content (AvgIpc) is 2.43. The molecule has 0 amide bonds. The molecule has 1 aliphatic rings. The fourth-order valence-electron chi connectivity index (χ4n) is 3.18. The minimum Gasteiger partial charge on any atom is -0.481 e. The summed E-state index contributed by atoms with van der Waals surface area (Å²) in [6, 6.07) is 6.40. The summed E-state index contributed by atoms with van der Waals surface area (Å²) in [4.78, 5) is 13.9. The minimum atomic E-state index is -0.619. The zero-order valence-electron chi connectivity index (χ0n) is 12.8. The van der Waals surface area contributed by atoms with Gasteiger partial charge in [0.15, 0.2) is 0 Å². The van der Waals surface area contributed by atoms with Crippen LogP contribution in [-0.4, -0.2) is 29.1 Å². The van der Waals surface area contributed by atoms with Crippen molar-refractivity contribution in [2.75, 3.05) is 13.1 Å². The van der Waals surface area contributed by atoms with Crippen molar-refractivity contribution in [2.24, 2.45) is 5.41 Å². The highest BCUT2D eigenvalue weighted by Gasteiger charge is 2.39. The fourth-order valence-corrected chi connectivity index (χ4v) is 3.18. The maximum atomic E-state index is 11.5. The molecule has 0 radical (unpaired) electrons. The van der Waals surface area contributed by atoms with Crippen molar-refractivity contribution >= 4 is 5.97 Å². The lowest BCUT2D eigenvalue weighted by Crippen LogP contribution is -2.43. The van der Waals surface area contributed by atoms with Crippen molar-refractivity contribution in [1.82, 2.24) is 4.90 Å². The number of likely N-dealkylation sites (tertiary alicyclic amines) is 1. The summed E-state index contributed by atoms with van der Waals surface area (Å²) < 4.78 is 0. The molecule has 1 heterocycles. The Morgan fingerprint density at radius 1 is 1.25 bits per heavy atom. The lowest BCUT2D eigenvalue weighted by atomic mass is 9.76. The molecule has 0 spiro atoms. The summed E-state index contributed by atoms with van der Waals surface area (Å²) in [5.74, 6) is -0.619. The molecule has 1 aromatic carbocycles. The zero-order valence-corrected chi connectivity index (χ0v) is 12.8. The van der Waals surface area contributed by atoms with Crippen molar-refractivity contribution in [3.63, 3.8) is 0 Å². The lowest BCUT2D eigenvalue weighted by Gasteiger charge is -2.38. The number of nitrogens with zero attached hydrogens (tertiary/aromatic N) is 1. The van der Waals surface area contributed by atoms with E-state index in [9.17, 15) is 9.90 Å². The maximum absolute atomic E-state index is 11.5. The second-order valence-electron chi connectivity index (χ2n) is 6.09. The van der Waals surface area contributed by atoms with Gasteiger partial charge in [0.1, 0.15) is 0 Å². The highest BCUT2D eigenvalue weighted by atomic mass is 16.4. The second-order valence-corrected chi connectivity index (χ2v) is 6.09. The van der Waals surface area contributed by atoms with Gasteiger partial charge < -0.3 is 5.11 Å². The van der Waals surface area contributed by atoms with Crippen LogP contribution in [-0.2, 0) is 11.3 Å². The van der Waals surface area contributed by atoms with Gasteiger partial charge in [0, 0.05) is 6.54 Å². The number of aryl methyl sites for hydroxylation is 2. The Labute approximate surface area is 121 Å². The Morgan fingerprint density at radius 3 is 2.25 bits per heavy atom. The van der Waals surface area contributed by atoms with Crippen molar-refractivity contribution in [1.29, 1.82) is 0 Å². The molecule has 0 aromatic heterocycles. The minimum absolute atomic E-state index is 0.489. The Kier molecular flexibility index (Phi) is 4.48. The highest BCUT2D eigenvalue weighted by molar-refractivity contribution is 5.74. The van der Waals surface area contributed by atoms with Crippen molar-refractivity contribution in [2.45, 2.75) is 46.6 Å². The van der Waals surface area contributed by atoms with Crippen LogP contribution in [0, 0.1) is 19.3 Å². The molecule has 3 heteroatoms. The van der Waals surface area contributed by atoms with E-state index in [2.05, 4.69) is 36.9 Å². The van der Waals surface area contributed by atoms with Crippen LogP contribution < -0.4 is 0 Å². The molecule has 1 aliphatic heterocycles. The van der Waals surface area contributed by atoms with E-state index in [-0.39, 0.29) is 0 Å². The number of carboxylic acids is 1. The van der Waals surface area contributed by atoms with Crippen LogP contribution in [0.5, 0.6) is 0 Å². The van der Waals surface area contributed by atoms with Gasteiger partial charge in [-0.15, -0.1) is 0 Å². The molecule has 2 rings (SSSR count). The first kappa shape index (κ1) is 15.0. The number of rotatable bonds is 4. The van der Waals surface area contributed by atoms with E-state index in [1.54, 1.807) is 0 Å². The molecule has 0 aliphatic carbocycles. The number of hydrogen-bond donors (Lipinski definition) is 1. The molecular weight excluding hydrogens is 250 g/mol. The summed E-state index contributed by atoms with van der Waals surface area (Å²) >= 11 is 0. The largest absolute Gasteiger partial charge is 0.481 e. The second kappa shape index (κ2) is 5.96. The van der Waals surface area contributed by atoms with Gasteiger partial charge in [0.05, 0.1) is 5.41 Å². The van der Waals surface area contributed by atoms with Gasteiger partial charge in [0.2, 0.25) is 0 Å². The molecule has 1 saturated heterocycles. The molecular formula is C17H25NO2. The first-order valence-electron chi connectivity index (χ1n) is 7.49. The van der Waals surface area contributed by atoms with Crippen molar-refractivity contribution < 1.29 is 9.90 Å². The standard InChI is InChI=1S/C17H25NO2/c1-4-17(16(19)20)8-10-18(11-9-17)12-15-13(2)6-5-7-14(15)3/h5-7H,4,8-12H2,1-3H3,(H,19,20). The smallest absolute Gasteiger partial charge is 0.309 e. The van der Waals surface area contributed by atoms with Gasteiger partial charge in [0.25, 0.3) is 0 Å². The quantitative estimate of drug-likeness (QED) is 0.915. The lowest BCUT2D eigenvalue weighted by molar-refractivity contribution is -0.152. The van der Waals surface area contributed by atoms with Gasteiger partial charge in [-0.3, -0.25) is 9.69 Å². The molecule has 0 unspecified atom stereocenters. The third-order valence-electron chi connectivity index (χ3n) is 4.97. The number of benzene rings is 1. The molecule has 1 N–H and O–H groups in total. The van der Waals surface area contributed by atoms with Crippen LogP contribution in [0.15, 0.2) is 18.2 Å². The molecule has 0 saturated carbocycles. The average molecular weight is 275 g/mol. The van der Waals surface area contributed by atoms with E-state index in [1.165, 1.54) is 16.7 Å². The van der Waals surface area contributed by atoms with Crippen LogP contribution in [0.2, 0.25) is 0 Å². The summed E-state index contributed by atoms with van der Waals surface area (Å²) in [7, 11) is 0. The van der Waals surface area contributed by atoms with E-state index in [0.29, 0.717) is 0 Å². The highest BCUT2D eigenvalue weighted by Crippen LogP contribution is 2.35. The van der Waals surface area contributed by atoms with Gasteiger partial charge in [-0.2, -0.15) is 0 Å². The van der Waals surface area contributed by atoms with Crippen LogP contribution >= 0.6 is 0 Å². The summed E-state index contributed by atoms with van der Waals surface area (Å²) in [5.41, 5.74) is 3.56. The molecule has 1 aromatic rings. The molecule has 20 heavy (non-hydrogen) atoms. The molecule has 3 nitrogen and oxygen atoms in total. The fraction of sp³-hybridized carbons (Fsp3) is 0.588. The molecule has 0 bridgehead atoms. The number of hydrogen-bond acceptors (Lipinski definition) is 2. The molecule has 110 valence electrons. The molecule has 0 atom stereocenters. The Balaban J connectivity index is 2.03. The zero-order chi connectivity index (χ0) is 14.8. The number of piperidine rings is 1.